The van der Waals surface area contributed by atoms with Crippen molar-refractivity contribution in [3.63, 3.8) is 0 Å². The lowest BCUT2D eigenvalue weighted by Crippen LogP contribution is -2.47. The fourth-order valence-corrected chi connectivity index (χ4v) is 2.36. The van der Waals surface area contributed by atoms with Gasteiger partial charge in [0.25, 0.3) is 5.91 Å². The molecule has 0 unspecified atom stereocenters. The monoisotopic (exact) mass is 313 g/mol. The highest BCUT2D eigenvalue weighted by Crippen LogP contribution is 2.26. The van der Waals surface area contributed by atoms with E-state index in [1.54, 1.807) is 12.1 Å². The fourth-order valence-electron chi connectivity index (χ4n) is 2.02. The zero-order valence-electron chi connectivity index (χ0n) is 10.1. The number of phenolic OH excluding ortho intramolecular Hbond substituents is 1. The topological polar surface area (TPSA) is 58.6 Å². The summed E-state index contributed by atoms with van der Waals surface area (Å²) in [5.74, 6) is -0.248. The lowest BCUT2D eigenvalue weighted by atomic mass is 9.89. The van der Waals surface area contributed by atoms with Gasteiger partial charge in [0.1, 0.15) is 5.75 Å². The van der Waals surface area contributed by atoms with E-state index in [4.69, 9.17) is 4.74 Å². The zero-order chi connectivity index (χ0) is 13.1. The molecule has 2 N–H and O–H groups in total. The van der Waals surface area contributed by atoms with Gasteiger partial charge in [-0.1, -0.05) is 15.9 Å². The molecule has 1 fully saturated rings. The first-order valence-corrected chi connectivity index (χ1v) is 6.80. The Bertz CT molecular complexity index is 444. The summed E-state index contributed by atoms with van der Waals surface area (Å²) in [4.78, 5) is 11.9. The molecule has 1 saturated carbocycles. The average Bonchev–Trinajstić information content (AvgIpc) is 2.26. The number of benzene rings is 1. The molecule has 1 aliphatic carbocycles. The standard InChI is InChI=1S/C13H16BrNO3/c1-2-18-10-6-9(7-10)15-13(17)11-4-3-8(14)5-12(11)16/h3-5,9-10,16H,2,6-7H2,1H3,(H,15,17). The summed E-state index contributed by atoms with van der Waals surface area (Å²) in [7, 11) is 0. The quantitative estimate of drug-likeness (QED) is 0.897. The predicted molar refractivity (Wildman–Crippen MR) is 71.7 cm³/mol. The normalized spacial score (nSPS) is 22.3. The molecule has 1 amide bonds. The predicted octanol–water partition coefficient (Wildman–Crippen LogP) is 2.45. The Kier molecular flexibility index (Phi) is 4.24. The number of hydrogen-bond acceptors (Lipinski definition) is 3. The van der Waals surface area contributed by atoms with E-state index < -0.39 is 0 Å². The summed E-state index contributed by atoms with van der Waals surface area (Å²) in [6.45, 7) is 2.67. The van der Waals surface area contributed by atoms with E-state index in [0.717, 1.165) is 17.3 Å². The van der Waals surface area contributed by atoms with Crippen LogP contribution in [0.3, 0.4) is 0 Å². The van der Waals surface area contributed by atoms with E-state index in [1.165, 1.54) is 6.07 Å². The second-order valence-corrected chi connectivity index (χ2v) is 5.30. The van der Waals surface area contributed by atoms with E-state index in [-0.39, 0.29) is 23.8 Å². The summed E-state index contributed by atoms with van der Waals surface area (Å²) < 4.78 is 6.17. The van der Waals surface area contributed by atoms with E-state index in [2.05, 4.69) is 21.2 Å². The maximum absolute atomic E-state index is 11.9. The van der Waals surface area contributed by atoms with Crippen molar-refractivity contribution >= 4 is 21.8 Å². The maximum atomic E-state index is 11.9. The van der Waals surface area contributed by atoms with Crippen LogP contribution in [0.15, 0.2) is 22.7 Å². The number of carbonyl (C=O) groups excluding carboxylic acids is 1. The van der Waals surface area contributed by atoms with Gasteiger partial charge in [0.2, 0.25) is 0 Å². The third-order valence-electron chi connectivity index (χ3n) is 3.04. The number of amides is 1. The molecule has 0 atom stereocenters. The highest BCUT2D eigenvalue weighted by molar-refractivity contribution is 9.10. The van der Waals surface area contributed by atoms with E-state index in [0.29, 0.717) is 12.2 Å². The summed E-state index contributed by atoms with van der Waals surface area (Å²) >= 11 is 3.24. The van der Waals surface area contributed by atoms with Crippen molar-refractivity contribution in [2.75, 3.05) is 6.61 Å². The number of hydrogen-bond donors (Lipinski definition) is 2. The Morgan fingerprint density at radius 3 is 2.89 bits per heavy atom. The Morgan fingerprint density at radius 2 is 2.28 bits per heavy atom. The van der Waals surface area contributed by atoms with Crippen LogP contribution in [0.4, 0.5) is 0 Å². The van der Waals surface area contributed by atoms with Gasteiger partial charge in [-0.15, -0.1) is 0 Å². The molecule has 0 radical (unpaired) electrons. The van der Waals surface area contributed by atoms with Crippen molar-refractivity contribution in [1.82, 2.24) is 5.32 Å². The minimum Gasteiger partial charge on any atom is -0.507 e. The van der Waals surface area contributed by atoms with E-state index in [9.17, 15) is 9.90 Å². The smallest absolute Gasteiger partial charge is 0.255 e. The second kappa shape index (κ2) is 5.71. The lowest BCUT2D eigenvalue weighted by Gasteiger charge is -2.35. The molecule has 2 rings (SSSR count). The molecule has 1 aliphatic rings. The second-order valence-electron chi connectivity index (χ2n) is 4.38. The van der Waals surface area contributed by atoms with Crippen LogP contribution in [0.1, 0.15) is 30.1 Å². The molecule has 1 aromatic carbocycles. The summed E-state index contributed by atoms with van der Waals surface area (Å²) in [6, 6.07) is 5.00. The van der Waals surface area contributed by atoms with Crippen LogP contribution in [-0.4, -0.2) is 29.8 Å². The van der Waals surface area contributed by atoms with Gasteiger partial charge in [0.15, 0.2) is 0 Å². The summed E-state index contributed by atoms with van der Waals surface area (Å²) in [6.07, 6.45) is 1.95. The highest BCUT2D eigenvalue weighted by atomic mass is 79.9. The van der Waals surface area contributed by atoms with Crippen LogP contribution >= 0.6 is 15.9 Å². The molecule has 98 valence electrons. The number of ether oxygens (including phenoxy) is 1. The van der Waals surface area contributed by atoms with Crippen LogP contribution < -0.4 is 5.32 Å². The molecule has 0 aliphatic heterocycles. The van der Waals surface area contributed by atoms with Gasteiger partial charge in [0.05, 0.1) is 11.7 Å². The first-order valence-electron chi connectivity index (χ1n) is 6.01. The number of rotatable bonds is 4. The molecule has 1 aromatic rings. The largest absolute Gasteiger partial charge is 0.507 e. The Labute approximate surface area is 114 Å². The molecule has 0 bridgehead atoms. The van der Waals surface area contributed by atoms with Crippen molar-refractivity contribution in [3.8, 4) is 5.75 Å². The van der Waals surface area contributed by atoms with Gasteiger partial charge in [-0.05, 0) is 38.0 Å². The van der Waals surface area contributed by atoms with Crippen LogP contribution in [-0.2, 0) is 4.74 Å². The molecular weight excluding hydrogens is 298 g/mol. The van der Waals surface area contributed by atoms with Gasteiger partial charge < -0.3 is 15.2 Å². The maximum Gasteiger partial charge on any atom is 0.255 e. The summed E-state index contributed by atoms with van der Waals surface area (Å²) in [5.41, 5.74) is 0.304. The van der Waals surface area contributed by atoms with E-state index >= 15 is 0 Å². The zero-order valence-corrected chi connectivity index (χ0v) is 11.7. The third kappa shape index (κ3) is 3.03. The fraction of sp³-hybridized carbons (Fsp3) is 0.462. The Morgan fingerprint density at radius 1 is 1.56 bits per heavy atom. The Hall–Kier alpha value is -1.07. The van der Waals surface area contributed by atoms with Gasteiger partial charge >= 0.3 is 0 Å². The minimum absolute atomic E-state index is 0.0115. The number of aromatic hydroxyl groups is 1. The molecular formula is C13H16BrNO3. The van der Waals surface area contributed by atoms with Crippen molar-refractivity contribution in [2.45, 2.75) is 31.9 Å². The number of carbonyl (C=O) groups is 1. The molecule has 0 heterocycles. The van der Waals surface area contributed by atoms with Crippen LogP contribution in [0, 0.1) is 0 Å². The van der Waals surface area contributed by atoms with Crippen molar-refractivity contribution in [1.29, 1.82) is 0 Å². The number of nitrogens with one attached hydrogen (secondary N) is 1. The molecule has 4 nitrogen and oxygen atoms in total. The van der Waals surface area contributed by atoms with Gasteiger partial charge in [-0.25, -0.2) is 0 Å². The van der Waals surface area contributed by atoms with E-state index in [1.807, 2.05) is 6.92 Å². The molecule has 0 saturated heterocycles. The third-order valence-corrected chi connectivity index (χ3v) is 3.53. The van der Waals surface area contributed by atoms with Crippen LogP contribution in [0.5, 0.6) is 5.75 Å². The Balaban J connectivity index is 1.89. The SMILES string of the molecule is CCOC1CC(NC(=O)c2ccc(Br)cc2O)C1. The lowest BCUT2D eigenvalue weighted by molar-refractivity contribution is -0.00863. The van der Waals surface area contributed by atoms with Crippen molar-refractivity contribution in [2.24, 2.45) is 0 Å². The van der Waals surface area contributed by atoms with Gasteiger partial charge in [0, 0.05) is 17.1 Å². The average molecular weight is 314 g/mol. The number of phenols is 1. The van der Waals surface area contributed by atoms with Crippen molar-refractivity contribution in [3.05, 3.63) is 28.2 Å². The highest BCUT2D eigenvalue weighted by Gasteiger charge is 2.31. The van der Waals surface area contributed by atoms with Crippen LogP contribution in [0.2, 0.25) is 0 Å². The van der Waals surface area contributed by atoms with Gasteiger partial charge in [-0.2, -0.15) is 0 Å². The van der Waals surface area contributed by atoms with Crippen LogP contribution in [0.25, 0.3) is 0 Å². The molecule has 5 heteroatoms. The number of halogens is 1. The molecule has 18 heavy (non-hydrogen) atoms. The van der Waals surface area contributed by atoms with Gasteiger partial charge in [-0.3, -0.25) is 4.79 Å². The molecule has 0 aromatic heterocycles. The molecule has 0 spiro atoms. The minimum atomic E-state index is -0.236. The first kappa shape index (κ1) is 13.4. The first-order chi connectivity index (χ1) is 8.60. The summed E-state index contributed by atoms with van der Waals surface area (Å²) in [5, 5.41) is 12.6. The van der Waals surface area contributed by atoms with Crippen molar-refractivity contribution < 1.29 is 14.6 Å².